The molecular formula is C19H19ClN4O3S2. The lowest BCUT2D eigenvalue weighted by Gasteiger charge is -2.08. The van der Waals surface area contributed by atoms with Gasteiger partial charge in [0.1, 0.15) is 11.6 Å². The number of carbonyl (C=O) groups is 1. The second kappa shape index (κ2) is 8.98. The van der Waals surface area contributed by atoms with Crippen LogP contribution in [0.3, 0.4) is 0 Å². The van der Waals surface area contributed by atoms with E-state index in [0.717, 1.165) is 5.56 Å². The first-order chi connectivity index (χ1) is 13.8. The van der Waals surface area contributed by atoms with Gasteiger partial charge in [-0.15, -0.1) is 10.2 Å². The molecule has 0 fully saturated rings. The van der Waals surface area contributed by atoms with E-state index in [-0.39, 0.29) is 22.3 Å². The van der Waals surface area contributed by atoms with Crippen molar-refractivity contribution in [2.75, 3.05) is 11.1 Å². The average molecular weight is 451 g/mol. The average Bonchev–Trinajstić information content (AvgIpc) is 3.02. The molecule has 3 rings (SSSR count). The van der Waals surface area contributed by atoms with Gasteiger partial charge in [0, 0.05) is 17.8 Å². The fraction of sp³-hybridized carbons (Fsp3) is 0.211. The number of aryl methyl sites for hydroxylation is 1. The lowest BCUT2D eigenvalue weighted by atomic mass is 10.2. The molecule has 0 unspecified atom stereocenters. The number of nitrogens with one attached hydrogen (secondary N) is 1. The molecular weight excluding hydrogens is 432 g/mol. The Kier molecular flexibility index (Phi) is 6.61. The molecule has 0 bridgehead atoms. The molecule has 0 aliphatic rings. The van der Waals surface area contributed by atoms with Gasteiger partial charge in [0.25, 0.3) is 0 Å². The van der Waals surface area contributed by atoms with Crippen molar-refractivity contribution >= 4 is 44.8 Å². The molecule has 29 heavy (non-hydrogen) atoms. The first kappa shape index (κ1) is 21.4. The summed E-state index contributed by atoms with van der Waals surface area (Å²) in [5, 5.41) is 11.9. The first-order valence-electron chi connectivity index (χ1n) is 8.61. The van der Waals surface area contributed by atoms with E-state index in [0.29, 0.717) is 21.7 Å². The predicted molar refractivity (Wildman–Crippen MR) is 114 cm³/mol. The number of amides is 1. The first-order valence-corrected chi connectivity index (χ1v) is 11.6. The minimum Gasteiger partial charge on any atom is -0.325 e. The Bertz CT molecular complexity index is 1130. The summed E-state index contributed by atoms with van der Waals surface area (Å²) in [5.41, 5.74) is 1.55. The summed E-state index contributed by atoms with van der Waals surface area (Å²) in [6.07, 6.45) is 0. The highest BCUT2D eigenvalue weighted by molar-refractivity contribution is 7.99. The van der Waals surface area contributed by atoms with Crippen molar-refractivity contribution < 1.29 is 13.2 Å². The van der Waals surface area contributed by atoms with E-state index in [4.69, 9.17) is 11.6 Å². The number of thioether (sulfide) groups is 1. The van der Waals surface area contributed by atoms with E-state index in [2.05, 4.69) is 15.5 Å². The van der Waals surface area contributed by atoms with E-state index in [1.165, 1.54) is 11.8 Å². The van der Waals surface area contributed by atoms with Gasteiger partial charge >= 0.3 is 0 Å². The van der Waals surface area contributed by atoms with Crippen LogP contribution in [0.1, 0.15) is 11.4 Å². The van der Waals surface area contributed by atoms with Crippen molar-refractivity contribution in [2.24, 2.45) is 7.05 Å². The third-order valence-corrected chi connectivity index (χ3v) is 7.03. The molecule has 10 heteroatoms. The highest BCUT2D eigenvalue weighted by Gasteiger charge is 2.20. The highest BCUT2D eigenvalue weighted by Crippen LogP contribution is 2.22. The van der Waals surface area contributed by atoms with E-state index in [9.17, 15) is 13.2 Å². The van der Waals surface area contributed by atoms with Crippen molar-refractivity contribution in [1.82, 2.24) is 14.8 Å². The van der Waals surface area contributed by atoms with Crippen LogP contribution in [0.15, 0.2) is 58.6 Å². The Morgan fingerprint density at radius 2 is 1.90 bits per heavy atom. The number of hydrogen-bond acceptors (Lipinski definition) is 6. The fourth-order valence-corrected chi connectivity index (χ4v) is 4.85. The van der Waals surface area contributed by atoms with E-state index < -0.39 is 9.84 Å². The summed E-state index contributed by atoms with van der Waals surface area (Å²) in [5.74, 6) is -0.0522. The molecule has 3 aromatic rings. The quantitative estimate of drug-likeness (QED) is 0.554. The lowest BCUT2D eigenvalue weighted by Crippen LogP contribution is -2.15. The third-order valence-electron chi connectivity index (χ3n) is 4.14. The number of carbonyl (C=O) groups excluding carboxylic acids is 1. The van der Waals surface area contributed by atoms with Crippen LogP contribution in [0.25, 0.3) is 0 Å². The minimum atomic E-state index is -3.53. The molecule has 0 atom stereocenters. The van der Waals surface area contributed by atoms with Gasteiger partial charge in [-0.1, -0.05) is 41.6 Å². The van der Waals surface area contributed by atoms with Crippen LogP contribution in [-0.2, 0) is 27.4 Å². The molecule has 0 aliphatic heterocycles. The van der Waals surface area contributed by atoms with Crippen molar-refractivity contribution in [3.05, 3.63) is 64.9 Å². The molecule has 7 nitrogen and oxygen atoms in total. The van der Waals surface area contributed by atoms with Crippen LogP contribution in [-0.4, -0.2) is 34.8 Å². The number of aromatic nitrogens is 3. The summed E-state index contributed by atoms with van der Waals surface area (Å²) in [6, 6.07) is 13.4. The maximum Gasteiger partial charge on any atom is 0.234 e. The predicted octanol–water partition coefficient (Wildman–Crippen LogP) is 3.48. The Balaban J connectivity index is 1.63. The molecule has 2 aromatic carbocycles. The van der Waals surface area contributed by atoms with E-state index in [1.54, 1.807) is 60.1 Å². The summed E-state index contributed by atoms with van der Waals surface area (Å²) in [6.45, 7) is 1.86. The maximum absolute atomic E-state index is 12.5. The number of sulfone groups is 1. The van der Waals surface area contributed by atoms with Gasteiger partial charge in [-0.25, -0.2) is 8.42 Å². The van der Waals surface area contributed by atoms with Gasteiger partial charge in [0.15, 0.2) is 15.0 Å². The van der Waals surface area contributed by atoms with Crippen LogP contribution in [0.2, 0.25) is 5.02 Å². The Morgan fingerprint density at radius 3 is 2.59 bits per heavy atom. The van der Waals surface area contributed by atoms with Crippen LogP contribution in [0.5, 0.6) is 0 Å². The summed E-state index contributed by atoms with van der Waals surface area (Å²) < 4.78 is 26.6. The number of anilines is 1. The molecule has 0 aliphatic carbocycles. The van der Waals surface area contributed by atoms with Crippen molar-refractivity contribution in [3.63, 3.8) is 0 Å². The minimum absolute atomic E-state index is 0.111. The van der Waals surface area contributed by atoms with Crippen molar-refractivity contribution in [2.45, 2.75) is 22.7 Å². The Morgan fingerprint density at radius 1 is 1.17 bits per heavy atom. The molecule has 0 saturated heterocycles. The number of benzene rings is 2. The Labute approximate surface area is 178 Å². The molecule has 1 amide bonds. The molecule has 0 saturated carbocycles. The standard InChI is InChI=1S/C19H19ClN4O3S2/c1-13-10-14(20)8-9-16(13)21-18(25)11-28-19-23-22-17(24(19)2)12-29(26,27)15-6-4-3-5-7-15/h3-10H,11-12H2,1-2H3,(H,21,25). The van der Waals surface area contributed by atoms with Gasteiger partial charge in [-0.3, -0.25) is 4.79 Å². The summed E-state index contributed by atoms with van der Waals surface area (Å²) >= 11 is 7.10. The van der Waals surface area contributed by atoms with Gasteiger partial charge in [-0.05, 0) is 42.8 Å². The van der Waals surface area contributed by atoms with Crippen LogP contribution < -0.4 is 5.32 Å². The number of nitrogens with zero attached hydrogens (tertiary/aromatic N) is 3. The van der Waals surface area contributed by atoms with Crippen LogP contribution in [0, 0.1) is 6.92 Å². The second-order valence-electron chi connectivity index (χ2n) is 6.33. The van der Waals surface area contributed by atoms with Crippen LogP contribution >= 0.6 is 23.4 Å². The van der Waals surface area contributed by atoms with Gasteiger partial charge in [0.2, 0.25) is 5.91 Å². The molecule has 1 aromatic heterocycles. The molecule has 0 radical (unpaired) electrons. The summed E-state index contributed by atoms with van der Waals surface area (Å²) in [4.78, 5) is 12.5. The van der Waals surface area contributed by atoms with Gasteiger partial charge < -0.3 is 9.88 Å². The van der Waals surface area contributed by atoms with Crippen molar-refractivity contribution in [3.8, 4) is 0 Å². The van der Waals surface area contributed by atoms with E-state index >= 15 is 0 Å². The second-order valence-corrected chi connectivity index (χ2v) is 9.69. The van der Waals surface area contributed by atoms with Gasteiger partial charge in [-0.2, -0.15) is 0 Å². The largest absolute Gasteiger partial charge is 0.325 e. The SMILES string of the molecule is Cc1cc(Cl)ccc1NC(=O)CSc1nnc(CS(=O)(=O)c2ccccc2)n1C. The zero-order chi connectivity index (χ0) is 21.0. The van der Waals surface area contributed by atoms with Gasteiger partial charge in [0.05, 0.1) is 10.6 Å². The number of halogens is 1. The lowest BCUT2D eigenvalue weighted by molar-refractivity contribution is -0.113. The summed E-state index contributed by atoms with van der Waals surface area (Å²) in [7, 11) is -1.85. The topological polar surface area (TPSA) is 94.0 Å². The van der Waals surface area contributed by atoms with Crippen molar-refractivity contribution in [1.29, 1.82) is 0 Å². The monoisotopic (exact) mass is 450 g/mol. The zero-order valence-electron chi connectivity index (χ0n) is 15.8. The number of hydrogen-bond donors (Lipinski definition) is 1. The Hall–Kier alpha value is -2.36. The smallest absolute Gasteiger partial charge is 0.234 e. The normalized spacial score (nSPS) is 11.4. The van der Waals surface area contributed by atoms with Crippen LogP contribution in [0.4, 0.5) is 5.69 Å². The molecule has 1 heterocycles. The molecule has 152 valence electrons. The highest BCUT2D eigenvalue weighted by atomic mass is 35.5. The molecule has 0 spiro atoms. The number of rotatable bonds is 7. The third kappa shape index (κ3) is 5.37. The fourth-order valence-electron chi connectivity index (χ4n) is 2.56. The molecule has 1 N–H and O–H groups in total. The maximum atomic E-state index is 12.5. The zero-order valence-corrected chi connectivity index (χ0v) is 18.2. The van der Waals surface area contributed by atoms with E-state index in [1.807, 2.05) is 6.92 Å².